The Hall–Kier alpha value is -2.15. The summed E-state index contributed by atoms with van der Waals surface area (Å²) in [4.78, 5) is 0.194. The lowest BCUT2D eigenvalue weighted by molar-refractivity contribution is 0.566. The van der Waals surface area contributed by atoms with Gasteiger partial charge in [0.2, 0.25) is 10.0 Å². The molecule has 0 fully saturated rings. The van der Waals surface area contributed by atoms with Crippen LogP contribution >= 0.6 is 11.6 Å². The molecule has 26 heavy (non-hydrogen) atoms. The maximum atomic E-state index is 12.8. The molecular formula is C19H20ClN3O2S. The van der Waals surface area contributed by atoms with E-state index in [9.17, 15) is 8.42 Å². The maximum absolute atomic E-state index is 12.8. The third-order valence-corrected chi connectivity index (χ3v) is 6.44. The van der Waals surface area contributed by atoms with E-state index in [0.29, 0.717) is 10.6 Å². The summed E-state index contributed by atoms with van der Waals surface area (Å²) in [5.41, 5.74) is 3.35. The van der Waals surface area contributed by atoms with Crippen LogP contribution in [0.1, 0.15) is 24.1 Å². The van der Waals surface area contributed by atoms with Crippen LogP contribution in [0.3, 0.4) is 0 Å². The zero-order valence-corrected chi connectivity index (χ0v) is 16.3. The summed E-state index contributed by atoms with van der Waals surface area (Å²) in [5, 5.41) is 4.61. The first-order valence-corrected chi connectivity index (χ1v) is 10.0. The van der Waals surface area contributed by atoms with E-state index in [4.69, 9.17) is 11.6 Å². The monoisotopic (exact) mass is 389 g/mol. The Labute approximate surface area is 158 Å². The molecule has 136 valence electrons. The van der Waals surface area contributed by atoms with Gasteiger partial charge in [0.15, 0.2) is 0 Å². The van der Waals surface area contributed by atoms with Crippen molar-refractivity contribution in [2.75, 3.05) is 0 Å². The summed E-state index contributed by atoms with van der Waals surface area (Å²) < 4.78 is 30.1. The van der Waals surface area contributed by atoms with Crippen molar-refractivity contribution < 1.29 is 8.42 Å². The van der Waals surface area contributed by atoms with Gasteiger partial charge in [0, 0.05) is 29.9 Å². The molecular weight excluding hydrogens is 370 g/mol. The number of hydrogen-bond acceptors (Lipinski definition) is 3. The Kier molecular flexibility index (Phi) is 5.18. The molecule has 0 spiro atoms. The molecule has 5 nitrogen and oxygen atoms in total. The molecule has 0 saturated heterocycles. The van der Waals surface area contributed by atoms with Crippen LogP contribution in [0.15, 0.2) is 59.6 Å². The standard InChI is InChI=1S/C19H20ClN3O2S/c1-13-17(20)8-5-9-19(13)26(24,25)22-14(2)15-6-4-7-16(12-15)18-10-11-21-23(18)3/h4-12,14,22H,1-3H3/t14-/m0/s1. The fraction of sp³-hybridized carbons (Fsp3) is 0.211. The smallest absolute Gasteiger partial charge is 0.241 e. The van der Waals surface area contributed by atoms with Gasteiger partial charge in [-0.05, 0) is 49.2 Å². The van der Waals surface area contributed by atoms with Crippen molar-refractivity contribution in [2.45, 2.75) is 24.8 Å². The number of sulfonamides is 1. The Morgan fingerprint density at radius 1 is 1.15 bits per heavy atom. The number of nitrogens with zero attached hydrogens (tertiary/aromatic N) is 2. The molecule has 2 aromatic carbocycles. The first-order chi connectivity index (χ1) is 12.3. The van der Waals surface area contributed by atoms with E-state index in [-0.39, 0.29) is 4.90 Å². The molecule has 0 unspecified atom stereocenters. The van der Waals surface area contributed by atoms with E-state index < -0.39 is 16.1 Å². The van der Waals surface area contributed by atoms with Gasteiger partial charge in [-0.1, -0.05) is 35.9 Å². The Morgan fingerprint density at radius 2 is 1.88 bits per heavy atom. The normalized spacial score (nSPS) is 12.9. The van der Waals surface area contributed by atoms with Crippen LogP contribution in [-0.2, 0) is 17.1 Å². The van der Waals surface area contributed by atoms with Crippen molar-refractivity contribution in [3.05, 3.63) is 70.9 Å². The highest BCUT2D eigenvalue weighted by Crippen LogP contribution is 2.26. The minimum Gasteiger partial charge on any atom is -0.268 e. The fourth-order valence-corrected chi connectivity index (χ4v) is 4.60. The van der Waals surface area contributed by atoms with Crippen molar-refractivity contribution in [3.63, 3.8) is 0 Å². The zero-order chi connectivity index (χ0) is 18.9. The summed E-state index contributed by atoms with van der Waals surface area (Å²) in [6.07, 6.45) is 1.73. The van der Waals surface area contributed by atoms with Crippen LogP contribution in [0.4, 0.5) is 0 Å². The van der Waals surface area contributed by atoms with E-state index in [1.807, 2.05) is 44.3 Å². The van der Waals surface area contributed by atoms with Crippen molar-refractivity contribution in [1.82, 2.24) is 14.5 Å². The molecule has 1 aromatic heterocycles. The van der Waals surface area contributed by atoms with E-state index in [1.165, 1.54) is 0 Å². The topological polar surface area (TPSA) is 64.0 Å². The number of hydrogen-bond donors (Lipinski definition) is 1. The van der Waals surface area contributed by atoms with E-state index in [1.54, 1.807) is 36.0 Å². The molecule has 3 aromatic rings. The number of rotatable bonds is 5. The molecule has 0 aliphatic rings. The van der Waals surface area contributed by atoms with Crippen molar-refractivity contribution in [3.8, 4) is 11.3 Å². The summed E-state index contributed by atoms with van der Waals surface area (Å²) in [6.45, 7) is 3.52. The molecule has 0 amide bonds. The van der Waals surface area contributed by atoms with Gasteiger partial charge in [0.25, 0.3) is 0 Å². The lowest BCUT2D eigenvalue weighted by atomic mass is 10.0. The van der Waals surface area contributed by atoms with Gasteiger partial charge in [-0.3, -0.25) is 4.68 Å². The summed E-state index contributed by atoms with van der Waals surface area (Å²) in [6, 6.07) is 14.1. The second-order valence-corrected chi connectivity index (χ2v) is 8.26. The molecule has 3 rings (SSSR count). The van der Waals surface area contributed by atoms with Crippen LogP contribution in [0.5, 0.6) is 0 Å². The predicted molar refractivity (Wildman–Crippen MR) is 104 cm³/mol. The Morgan fingerprint density at radius 3 is 2.58 bits per heavy atom. The third-order valence-electron chi connectivity index (χ3n) is 4.34. The first kappa shape index (κ1) is 18.6. The van der Waals surface area contributed by atoms with Gasteiger partial charge >= 0.3 is 0 Å². The van der Waals surface area contributed by atoms with Gasteiger partial charge in [-0.2, -0.15) is 5.10 Å². The lowest BCUT2D eigenvalue weighted by Gasteiger charge is -2.17. The number of aryl methyl sites for hydroxylation is 1. The second kappa shape index (κ2) is 7.23. The summed E-state index contributed by atoms with van der Waals surface area (Å²) in [5.74, 6) is 0. The maximum Gasteiger partial charge on any atom is 0.241 e. The molecule has 0 bridgehead atoms. The average Bonchev–Trinajstić information content (AvgIpc) is 3.03. The molecule has 0 aliphatic carbocycles. The lowest BCUT2D eigenvalue weighted by Crippen LogP contribution is -2.27. The van der Waals surface area contributed by atoms with Gasteiger partial charge in [0.05, 0.1) is 10.6 Å². The average molecular weight is 390 g/mol. The van der Waals surface area contributed by atoms with E-state index in [2.05, 4.69) is 9.82 Å². The first-order valence-electron chi connectivity index (χ1n) is 8.15. The van der Waals surface area contributed by atoms with Gasteiger partial charge < -0.3 is 0 Å². The minimum absolute atomic E-state index is 0.194. The molecule has 7 heteroatoms. The van der Waals surface area contributed by atoms with E-state index in [0.717, 1.165) is 16.8 Å². The van der Waals surface area contributed by atoms with Crippen LogP contribution in [-0.4, -0.2) is 18.2 Å². The summed E-state index contributed by atoms with van der Waals surface area (Å²) >= 11 is 6.07. The summed E-state index contributed by atoms with van der Waals surface area (Å²) in [7, 11) is -1.82. The minimum atomic E-state index is -3.69. The molecule has 0 saturated carbocycles. The fourth-order valence-electron chi connectivity index (χ4n) is 2.87. The largest absolute Gasteiger partial charge is 0.268 e. The number of aromatic nitrogens is 2. The highest BCUT2D eigenvalue weighted by Gasteiger charge is 2.21. The van der Waals surface area contributed by atoms with Crippen LogP contribution in [0.25, 0.3) is 11.3 Å². The molecule has 1 atom stereocenters. The molecule has 1 N–H and O–H groups in total. The number of nitrogens with one attached hydrogen (secondary N) is 1. The van der Waals surface area contributed by atoms with Gasteiger partial charge in [-0.15, -0.1) is 0 Å². The Balaban J connectivity index is 1.89. The number of benzene rings is 2. The molecule has 1 heterocycles. The second-order valence-electron chi connectivity index (χ2n) is 6.17. The van der Waals surface area contributed by atoms with Gasteiger partial charge in [0.1, 0.15) is 0 Å². The van der Waals surface area contributed by atoms with Crippen molar-refractivity contribution in [1.29, 1.82) is 0 Å². The highest BCUT2D eigenvalue weighted by molar-refractivity contribution is 7.89. The molecule has 0 radical (unpaired) electrons. The van der Waals surface area contributed by atoms with Crippen molar-refractivity contribution in [2.24, 2.45) is 7.05 Å². The van der Waals surface area contributed by atoms with Crippen LogP contribution < -0.4 is 4.72 Å². The predicted octanol–water partition coefficient (Wildman–Crippen LogP) is 4.09. The third kappa shape index (κ3) is 3.67. The quantitative estimate of drug-likeness (QED) is 0.714. The highest BCUT2D eigenvalue weighted by atomic mass is 35.5. The number of halogens is 1. The molecule has 0 aliphatic heterocycles. The SMILES string of the molecule is Cc1c(Cl)cccc1S(=O)(=O)N[C@@H](C)c1cccc(-c2ccnn2C)c1. The van der Waals surface area contributed by atoms with E-state index >= 15 is 0 Å². The van der Waals surface area contributed by atoms with Crippen molar-refractivity contribution >= 4 is 21.6 Å². The zero-order valence-electron chi connectivity index (χ0n) is 14.8. The van der Waals surface area contributed by atoms with Crippen LogP contribution in [0.2, 0.25) is 5.02 Å². The van der Waals surface area contributed by atoms with Gasteiger partial charge in [-0.25, -0.2) is 13.1 Å². The Bertz CT molecular complexity index is 1040. The van der Waals surface area contributed by atoms with Crippen LogP contribution in [0, 0.1) is 6.92 Å².